The quantitative estimate of drug-likeness (QED) is 0.448. The van der Waals surface area contributed by atoms with Crippen molar-refractivity contribution in [3.05, 3.63) is 25.3 Å². The van der Waals surface area contributed by atoms with E-state index in [1.165, 1.54) is 12.2 Å². The van der Waals surface area contributed by atoms with Crippen molar-refractivity contribution in [3.8, 4) is 0 Å². The monoisotopic (exact) mass is 86.1 g/mol. The van der Waals surface area contributed by atoms with Gasteiger partial charge in [0, 0.05) is 0 Å². The summed E-state index contributed by atoms with van der Waals surface area (Å²) in [4.78, 5) is 0. The largest absolute Gasteiger partial charge is 0.238 e. The highest BCUT2D eigenvalue weighted by molar-refractivity contribution is 4.91. The summed E-state index contributed by atoms with van der Waals surface area (Å²) in [6, 6.07) is 0. The molecule has 0 unspecified atom stereocenters. The van der Waals surface area contributed by atoms with E-state index in [9.17, 15) is 4.39 Å². The van der Waals surface area contributed by atoms with Crippen LogP contribution in [0.4, 0.5) is 4.39 Å². The van der Waals surface area contributed by atoms with Gasteiger partial charge >= 0.3 is 0 Å². The van der Waals surface area contributed by atoms with Crippen LogP contribution < -0.4 is 0 Å². The molecule has 0 N–H and O–H groups in total. The van der Waals surface area contributed by atoms with Crippen molar-refractivity contribution < 1.29 is 4.39 Å². The van der Waals surface area contributed by atoms with Crippen molar-refractivity contribution in [2.45, 2.75) is 6.17 Å². The first kappa shape index (κ1) is 5.41. The lowest BCUT2D eigenvalue weighted by atomic mass is 10.4. The zero-order valence-corrected chi connectivity index (χ0v) is 3.52. The maximum atomic E-state index is 11.6. The van der Waals surface area contributed by atoms with E-state index in [-0.39, 0.29) is 0 Å². The Morgan fingerprint density at radius 3 is 1.67 bits per heavy atom. The highest BCUT2D eigenvalue weighted by Gasteiger charge is 1.84. The minimum atomic E-state index is -1.04. The molecule has 0 aliphatic heterocycles. The Kier molecular flexibility index (Phi) is 2.38. The molecule has 0 aromatic carbocycles. The van der Waals surface area contributed by atoms with Crippen LogP contribution in [0, 0.1) is 0 Å². The minimum Gasteiger partial charge on any atom is -0.238 e. The molecule has 0 bridgehead atoms. The third-order valence-corrected chi connectivity index (χ3v) is 0.450. The standard InChI is InChI=1S/C5H7F/c1-3-5(6)4-2/h3-5H,1-2H2. The van der Waals surface area contributed by atoms with Gasteiger partial charge in [0.2, 0.25) is 0 Å². The van der Waals surface area contributed by atoms with E-state index < -0.39 is 6.17 Å². The van der Waals surface area contributed by atoms with E-state index in [2.05, 4.69) is 13.2 Å². The average molecular weight is 86.1 g/mol. The molecule has 0 aliphatic carbocycles. The fourth-order valence-electron chi connectivity index (χ4n) is 0.0962. The van der Waals surface area contributed by atoms with Gasteiger partial charge in [-0.15, -0.1) is 0 Å². The number of hydrogen-bond donors (Lipinski definition) is 0. The Bertz CT molecular complexity index is 49.0. The van der Waals surface area contributed by atoms with E-state index in [0.29, 0.717) is 0 Å². The van der Waals surface area contributed by atoms with E-state index in [1.807, 2.05) is 0 Å². The first-order valence-electron chi connectivity index (χ1n) is 1.70. The van der Waals surface area contributed by atoms with Crippen molar-refractivity contribution in [2.24, 2.45) is 0 Å². The fraction of sp³-hybridized carbons (Fsp3) is 0.200. The molecule has 0 aliphatic rings. The molecule has 6 heavy (non-hydrogen) atoms. The normalized spacial score (nSPS) is 8.33. The number of alkyl halides is 1. The Morgan fingerprint density at radius 2 is 1.67 bits per heavy atom. The molecule has 0 atom stereocenters. The van der Waals surface area contributed by atoms with Crippen molar-refractivity contribution >= 4 is 0 Å². The van der Waals surface area contributed by atoms with E-state index in [1.54, 1.807) is 0 Å². The van der Waals surface area contributed by atoms with Crippen LogP contribution in [-0.4, -0.2) is 6.17 Å². The highest BCUT2D eigenvalue weighted by atomic mass is 19.1. The predicted molar refractivity (Wildman–Crippen MR) is 25.3 cm³/mol. The first-order valence-corrected chi connectivity index (χ1v) is 1.70. The number of halogens is 1. The molecular formula is C5H7F. The summed E-state index contributed by atoms with van der Waals surface area (Å²) in [6.45, 7) is 6.37. The molecule has 1 heteroatoms. The lowest BCUT2D eigenvalue weighted by Crippen LogP contribution is -1.82. The van der Waals surface area contributed by atoms with Crippen LogP contribution in [0.5, 0.6) is 0 Å². The van der Waals surface area contributed by atoms with Crippen molar-refractivity contribution in [2.75, 3.05) is 0 Å². The van der Waals surface area contributed by atoms with Crippen LogP contribution in [0.25, 0.3) is 0 Å². The molecule has 0 radical (unpaired) electrons. The summed E-state index contributed by atoms with van der Waals surface area (Å²) < 4.78 is 11.6. The second kappa shape index (κ2) is 2.64. The summed E-state index contributed by atoms with van der Waals surface area (Å²) in [7, 11) is 0. The van der Waals surface area contributed by atoms with Crippen LogP contribution in [0.1, 0.15) is 0 Å². The molecule has 0 amide bonds. The number of allylic oxidation sites excluding steroid dienone is 2. The van der Waals surface area contributed by atoms with Gasteiger partial charge in [-0.2, -0.15) is 0 Å². The van der Waals surface area contributed by atoms with E-state index in [0.717, 1.165) is 0 Å². The number of hydrogen-bond acceptors (Lipinski definition) is 0. The van der Waals surface area contributed by atoms with Gasteiger partial charge < -0.3 is 0 Å². The molecule has 0 heterocycles. The van der Waals surface area contributed by atoms with Crippen molar-refractivity contribution in [1.82, 2.24) is 0 Å². The molecule has 0 fully saturated rings. The van der Waals surface area contributed by atoms with Crippen LogP contribution in [0.15, 0.2) is 25.3 Å². The number of rotatable bonds is 2. The third kappa shape index (κ3) is 1.70. The van der Waals surface area contributed by atoms with Gasteiger partial charge in [-0.05, 0) is 0 Å². The average Bonchev–Trinajstić information content (AvgIpc) is 1.65. The lowest BCUT2D eigenvalue weighted by Gasteiger charge is -1.83. The molecule has 0 saturated carbocycles. The predicted octanol–water partition coefficient (Wildman–Crippen LogP) is 1.70. The lowest BCUT2D eigenvalue weighted by molar-refractivity contribution is 0.470. The van der Waals surface area contributed by atoms with Gasteiger partial charge in [0.05, 0.1) is 0 Å². The second-order valence-corrected chi connectivity index (χ2v) is 0.916. The van der Waals surface area contributed by atoms with Crippen LogP contribution in [0.3, 0.4) is 0 Å². The van der Waals surface area contributed by atoms with Crippen LogP contribution >= 0.6 is 0 Å². The van der Waals surface area contributed by atoms with Gasteiger partial charge in [-0.25, -0.2) is 4.39 Å². The van der Waals surface area contributed by atoms with Gasteiger partial charge in [-0.1, -0.05) is 25.3 Å². The molecular weight excluding hydrogens is 79.1 g/mol. The molecule has 0 spiro atoms. The Balaban J connectivity index is 3.21. The van der Waals surface area contributed by atoms with Crippen LogP contribution in [-0.2, 0) is 0 Å². The zero-order chi connectivity index (χ0) is 4.99. The first-order chi connectivity index (χ1) is 2.81. The molecule has 34 valence electrons. The topological polar surface area (TPSA) is 0 Å². The van der Waals surface area contributed by atoms with E-state index in [4.69, 9.17) is 0 Å². The zero-order valence-electron chi connectivity index (χ0n) is 3.52. The van der Waals surface area contributed by atoms with Crippen LogP contribution in [0.2, 0.25) is 0 Å². The van der Waals surface area contributed by atoms with Crippen molar-refractivity contribution in [3.63, 3.8) is 0 Å². The summed E-state index contributed by atoms with van der Waals surface area (Å²) in [5.41, 5.74) is 0. The summed E-state index contributed by atoms with van der Waals surface area (Å²) in [5.74, 6) is 0. The van der Waals surface area contributed by atoms with Gasteiger partial charge in [0.15, 0.2) is 0 Å². The molecule has 0 aromatic heterocycles. The summed E-state index contributed by atoms with van der Waals surface area (Å²) >= 11 is 0. The molecule has 0 saturated heterocycles. The minimum absolute atomic E-state index is 1.04. The van der Waals surface area contributed by atoms with Crippen molar-refractivity contribution in [1.29, 1.82) is 0 Å². The van der Waals surface area contributed by atoms with E-state index >= 15 is 0 Å². The SMILES string of the molecule is C=CC(F)C=C. The summed E-state index contributed by atoms with van der Waals surface area (Å²) in [6.07, 6.45) is 1.34. The fourth-order valence-corrected chi connectivity index (χ4v) is 0.0962. The Hall–Kier alpha value is -0.590. The Morgan fingerprint density at radius 1 is 1.33 bits per heavy atom. The third-order valence-electron chi connectivity index (χ3n) is 0.450. The molecule has 0 nitrogen and oxygen atoms in total. The Labute approximate surface area is 37.0 Å². The van der Waals surface area contributed by atoms with Gasteiger partial charge in [-0.3, -0.25) is 0 Å². The summed E-state index contributed by atoms with van der Waals surface area (Å²) in [5, 5.41) is 0. The molecule has 0 rings (SSSR count). The maximum Gasteiger partial charge on any atom is 0.136 e. The smallest absolute Gasteiger partial charge is 0.136 e. The molecule has 0 aromatic rings. The van der Waals surface area contributed by atoms with Gasteiger partial charge in [0.25, 0.3) is 0 Å². The van der Waals surface area contributed by atoms with Gasteiger partial charge in [0.1, 0.15) is 6.17 Å². The highest BCUT2D eigenvalue weighted by Crippen LogP contribution is 1.88. The second-order valence-electron chi connectivity index (χ2n) is 0.916. The maximum absolute atomic E-state index is 11.6.